The number of aryl methyl sites for hydroxylation is 1. The molecule has 6 heteroatoms. The van der Waals surface area contributed by atoms with Crippen LogP contribution in [0.2, 0.25) is 0 Å². The van der Waals surface area contributed by atoms with Crippen molar-refractivity contribution in [1.29, 1.82) is 0 Å². The number of likely N-dealkylation sites (tertiary alicyclic amines) is 1. The van der Waals surface area contributed by atoms with Crippen molar-refractivity contribution in [1.82, 2.24) is 14.8 Å². The second-order valence-electron chi connectivity index (χ2n) is 9.46. The Hall–Kier alpha value is -2.86. The van der Waals surface area contributed by atoms with Crippen LogP contribution in [0.15, 0.2) is 42.6 Å². The molecule has 6 nitrogen and oxygen atoms in total. The molecule has 0 saturated carbocycles. The zero-order valence-electron chi connectivity index (χ0n) is 20.8. The molecule has 1 fully saturated rings. The van der Waals surface area contributed by atoms with Gasteiger partial charge in [0.1, 0.15) is 0 Å². The summed E-state index contributed by atoms with van der Waals surface area (Å²) in [4.78, 5) is 35.2. The van der Waals surface area contributed by atoms with E-state index in [1.807, 2.05) is 40.3 Å². The summed E-state index contributed by atoms with van der Waals surface area (Å²) in [6.45, 7) is 7.94. The highest BCUT2D eigenvalue weighted by Crippen LogP contribution is 2.45. The Kier molecular flexibility index (Phi) is 7.57. The maximum atomic E-state index is 14.2. The third kappa shape index (κ3) is 4.43. The topological polar surface area (TPSA) is 65.6 Å². The molecule has 3 unspecified atom stereocenters. The van der Waals surface area contributed by atoms with E-state index in [2.05, 4.69) is 37.9 Å². The van der Waals surface area contributed by atoms with E-state index in [-0.39, 0.29) is 23.9 Å². The quantitative estimate of drug-likeness (QED) is 0.574. The Morgan fingerprint density at radius 1 is 1.24 bits per heavy atom. The molecule has 3 heterocycles. The lowest BCUT2D eigenvalue weighted by Gasteiger charge is -2.43. The van der Waals surface area contributed by atoms with E-state index in [1.165, 1.54) is 0 Å². The fourth-order valence-electron chi connectivity index (χ4n) is 5.56. The molecule has 4 rings (SSSR count). The van der Waals surface area contributed by atoms with Gasteiger partial charge in [-0.1, -0.05) is 37.3 Å². The number of methoxy groups -OCH3 is 1. The van der Waals surface area contributed by atoms with Crippen LogP contribution in [0.3, 0.4) is 0 Å². The second-order valence-corrected chi connectivity index (χ2v) is 9.46. The number of ether oxygens (including phenoxy) is 1. The van der Waals surface area contributed by atoms with E-state index in [1.54, 1.807) is 7.11 Å². The number of aromatic nitrogens is 1. The lowest BCUT2D eigenvalue weighted by atomic mass is 9.78. The number of fused-ring (bicyclic) bond motifs is 1. The average Bonchev–Trinajstić information content (AvgIpc) is 3.43. The van der Waals surface area contributed by atoms with E-state index in [0.717, 1.165) is 54.6 Å². The molecule has 34 heavy (non-hydrogen) atoms. The number of aromatic amines is 1. The summed E-state index contributed by atoms with van der Waals surface area (Å²) >= 11 is 0. The first kappa shape index (κ1) is 24.3. The largest absolute Gasteiger partial charge is 0.383 e. The van der Waals surface area contributed by atoms with Gasteiger partial charge in [-0.05, 0) is 62.3 Å². The van der Waals surface area contributed by atoms with Crippen LogP contribution in [0.25, 0.3) is 0 Å². The van der Waals surface area contributed by atoms with Crippen LogP contribution in [0, 0.1) is 6.92 Å². The van der Waals surface area contributed by atoms with Gasteiger partial charge in [0, 0.05) is 43.7 Å². The number of carbonyl (C=O) groups excluding carboxylic acids is 2. The molecule has 2 aliphatic heterocycles. The van der Waals surface area contributed by atoms with Crippen LogP contribution in [-0.2, 0) is 16.0 Å². The predicted octanol–water partition coefficient (Wildman–Crippen LogP) is 4.77. The number of amides is 2. The minimum atomic E-state index is -0.449. The highest BCUT2D eigenvalue weighted by atomic mass is 16.5. The molecule has 2 amide bonds. The Morgan fingerprint density at radius 2 is 2.03 bits per heavy atom. The molecule has 1 N–H and O–H groups in total. The van der Waals surface area contributed by atoms with Crippen LogP contribution < -0.4 is 0 Å². The highest BCUT2D eigenvalue weighted by molar-refractivity contribution is 6.01. The van der Waals surface area contributed by atoms with Gasteiger partial charge in [-0.3, -0.25) is 9.59 Å². The molecule has 1 aromatic heterocycles. The summed E-state index contributed by atoms with van der Waals surface area (Å²) in [7, 11) is 1.65. The first-order valence-corrected chi connectivity index (χ1v) is 12.5. The summed E-state index contributed by atoms with van der Waals surface area (Å²) < 4.78 is 5.38. The Labute approximate surface area is 203 Å². The van der Waals surface area contributed by atoms with Crippen molar-refractivity contribution >= 4 is 11.8 Å². The average molecular weight is 464 g/mol. The lowest BCUT2D eigenvalue weighted by molar-refractivity contribution is -0.135. The number of rotatable bonds is 8. The molecule has 0 aliphatic carbocycles. The van der Waals surface area contributed by atoms with Gasteiger partial charge in [-0.25, -0.2) is 0 Å². The summed E-state index contributed by atoms with van der Waals surface area (Å²) in [5, 5.41) is 0. The van der Waals surface area contributed by atoms with Gasteiger partial charge < -0.3 is 19.5 Å². The number of carbonyl (C=O) groups is 2. The maximum absolute atomic E-state index is 14.2. The third-order valence-corrected chi connectivity index (χ3v) is 7.37. The highest BCUT2D eigenvalue weighted by Gasteiger charge is 2.47. The van der Waals surface area contributed by atoms with Gasteiger partial charge in [0.25, 0.3) is 5.91 Å². The van der Waals surface area contributed by atoms with Gasteiger partial charge >= 0.3 is 0 Å². The molecule has 182 valence electrons. The number of nitrogens with zero attached hydrogens (tertiary/aromatic N) is 2. The zero-order chi connectivity index (χ0) is 24.2. The molecule has 0 spiro atoms. The molecular weight excluding hydrogens is 426 g/mol. The van der Waals surface area contributed by atoms with Crippen LogP contribution in [-0.4, -0.2) is 59.4 Å². The first-order chi connectivity index (χ1) is 16.5. The minimum Gasteiger partial charge on any atom is -0.383 e. The standard InChI is InChI=1S/C28H37N3O3/c1-5-6-7-12-21-20(3)29-18-24(21)26-25(28(33)30-15-10-11-19(30)2)22-13-8-9-14-23(22)27(32)31(26)16-17-34-4/h6-9,13-14,18-19,25-26,29H,5,10-12,15-17H2,1-4H3/b7-6-. The van der Waals surface area contributed by atoms with Gasteiger partial charge in [-0.15, -0.1) is 0 Å². The molecule has 0 radical (unpaired) electrons. The number of H-pyrrole nitrogens is 1. The van der Waals surface area contributed by atoms with E-state index < -0.39 is 5.92 Å². The fourth-order valence-corrected chi connectivity index (χ4v) is 5.56. The monoisotopic (exact) mass is 463 g/mol. The zero-order valence-corrected chi connectivity index (χ0v) is 20.8. The molecule has 2 aromatic rings. The number of allylic oxidation sites excluding steroid dienone is 2. The van der Waals surface area contributed by atoms with Crippen molar-refractivity contribution < 1.29 is 14.3 Å². The summed E-state index contributed by atoms with van der Waals surface area (Å²) in [6, 6.07) is 7.47. The van der Waals surface area contributed by atoms with E-state index >= 15 is 0 Å². The van der Waals surface area contributed by atoms with Crippen LogP contribution in [0.1, 0.15) is 77.8 Å². The SMILES string of the molecule is CC/C=C\Cc1c(C2C(C(=O)N3CCCC3C)c3ccccc3C(=O)N2CCOC)c[nH]c1C. The van der Waals surface area contributed by atoms with Crippen molar-refractivity contribution in [3.8, 4) is 0 Å². The smallest absolute Gasteiger partial charge is 0.254 e. The van der Waals surface area contributed by atoms with Gasteiger partial charge in [0.15, 0.2) is 0 Å². The van der Waals surface area contributed by atoms with Crippen molar-refractivity contribution in [3.63, 3.8) is 0 Å². The number of hydrogen-bond donors (Lipinski definition) is 1. The van der Waals surface area contributed by atoms with Crippen LogP contribution in [0.5, 0.6) is 0 Å². The van der Waals surface area contributed by atoms with Crippen LogP contribution in [0.4, 0.5) is 0 Å². The predicted molar refractivity (Wildman–Crippen MR) is 134 cm³/mol. The number of hydrogen-bond acceptors (Lipinski definition) is 3. The first-order valence-electron chi connectivity index (χ1n) is 12.5. The van der Waals surface area contributed by atoms with E-state index in [4.69, 9.17) is 4.74 Å². The Morgan fingerprint density at radius 3 is 2.74 bits per heavy atom. The molecule has 0 bridgehead atoms. The van der Waals surface area contributed by atoms with Crippen molar-refractivity contribution in [3.05, 3.63) is 70.6 Å². The Balaban J connectivity index is 1.88. The van der Waals surface area contributed by atoms with Gasteiger partial charge in [0.05, 0.1) is 18.6 Å². The van der Waals surface area contributed by atoms with Crippen molar-refractivity contribution in [2.24, 2.45) is 0 Å². The summed E-state index contributed by atoms with van der Waals surface area (Å²) in [5.74, 6) is -0.369. The van der Waals surface area contributed by atoms with Crippen molar-refractivity contribution in [2.75, 3.05) is 26.8 Å². The summed E-state index contributed by atoms with van der Waals surface area (Å²) in [5.41, 5.74) is 4.73. The van der Waals surface area contributed by atoms with Crippen LogP contribution >= 0.6 is 0 Å². The molecular formula is C28H37N3O3. The fraction of sp³-hybridized carbons (Fsp3) is 0.500. The molecule has 1 saturated heterocycles. The number of benzene rings is 1. The van der Waals surface area contributed by atoms with E-state index in [0.29, 0.717) is 18.7 Å². The molecule has 1 aromatic carbocycles. The second kappa shape index (κ2) is 10.6. The third-order valence-electron chi connectivity index (χ3n) is 7.37. The van der Waals surface area contributed by atoms with E-state index in [9.17, 15) is 9.59 Å². The van der Waals surface area contributed by atoms with Gasteiger partial charge in [0.2, 0.25) is 5.91 Å². The number of nitrogens with one attached hydrogen (secondary N) is 1. The molecule has 2 aliphatic rings. The Bertz CT molecular complexity index is 1060. The summed E-state index contributed by atoms with van der Waals surface area (Å²) in [6.07, 6.45) is 10.1. The van der Waals surface area contributed by atoms with Crippen molar-refractivity contribution in [2.45, 2.75) is 64.5 Å². The maximum Gasteiger partial charge on any atom is 0.254 e. The molecule has 3 atom stereocenters. The minimum absolute atomic E-state index is 0.0370. The van der Waals surface area contributed by atoms with Gasteiger partial charge in [-0.2, -0.15) is 0 Å². The lowest BCUT2D eigenvalue weighted by Crippen LogP contribution is -2.50. The normalized spacial score (nSPS) is 22.6.